The van der Waals surface area contributed by atoms with Crippen LogP contribution in [-0.4, -0.2) is 29.9 Å². The Labute approximate surface area is 159 Å². The Morgan fingerprint density at radius 2 is 1.71 bits per heavy atom. The van der Waals surface area contributed by atoms with E-state index >= 15 is 0 Å². The van der Waals surface area contributed by atoms with Crippen LogP contribution < -0.4 is 10.6 Å². The lowest BCUT2D eigenvalue weighted by Gasteiger charge is -2.22. The topological polar surface area (TPSA) is 74.6 Å². The molecule has 1 fully saturated rings. The minimum absolute atomic E-state index is 0.0358. The highest BCUT2D eigenvalue weighted by Gasteiger charge is 2.35. The number of likely N-dealkylation sites (tertiary alicyclic amines) is 1. The van der Waals surface area contributed by atoms with Gasteiger partial charge >= 0.3 is 12.2 Å². The van der Waals surface area contributed by atoms with Gasteiger partial charge in [-0.25, -0.2) is 4.79 Å². The Balaban J connectivity index is 1.79. The molecule has 2 N–H and O–H groups in total. The van der Waals surface area contributed by atoms with Gasteiger partial charge in [0.2, 0.25) is 0 Å². The fourth-order valence-corrected chi connectivity index (χ4v) is 3.03. The van der Waals surface area contributed by atoms with Crippen molar-refractivity contribution >= 4 is 23.3 Å². The Bertz CT molecular complexity index is 827. The van der Waals surface area contributed by atoms with Crippen molar-refractivity contribution in [2.45, 2.75) is 31.9 Å². The molecule has 0 saturated carbocycles. The van der Waals surface area contributed by atoms with Crippen molar-refractivity contribution in [1.29, 1.82) is 0 Å². The number of furan rings is 1. The second-order valence-corrected chi connectivity index (χ2v) is 6.56. The van der Waals surface area contributed by atoms with Crippen LogP contribution in [0.3, 0.4) is 0 Å². The van der Waals surface area contributed by atoms with E-state index in [1.807, 2.05) is 0 Å². The zero-order chi connectivity index (χ0) is 20.1. The standard InChI is InChI=1S/C19H20F3N3O3/c20-19(21,22)15-11-14(23-17(26)13-7-10-28-12-13)5-6-16(15)24-18(27)25-8-3-1-2-4-9-25/h5-7,10-12H,1-4,8-9H2,(H,23,26)(H,24,27). The molecular formula is C19H20F3N3O3. The lowest BCUT2D eigenvalue weighted by molar-refractivity contribution is -0.136. The number of rotatable bonds is 3. The number of amides is 3. The zero-order valence-electron chi connectivity index (χ0n) is 15.0. The molecule has 1 aliphatic heterocycles. The quantitative estimate of drug-likeness (QED) is 0.772. The minimum Gasteiger partial charge on any atom is -0.472 e. The molecular weight excluding hydrogens is 375 g/mol. The number of anilines is 2. The molecule has 1 aromatic carbocycles. The van der Waals surface area contributed by atoms with E-state index in [4.69, 9.17) is 4.42 Å². The number of nitrogens with zero attached hydrogens (tertiary/aromatic N) is 1. The average Bonchev–Trinajstić information content (AvgIpc) is 3.04. The Hall–Kier alpha value is -2.97. The second-order valence-electron chi connectivity index (χ2n) is 6.56. The second kappa shape index (κ2) is 8.37. The van der Waals surface area contributed by atoms with Crippen LogP contribution in [-0.2, 0) is 6.18 Å². The molecule has 0 radical (unpaired) electrons. The summed E-state index contributed by atoms with van der Waals surface area (Å²) in [5.41, 5.74) is -1.22. The summed E-state index contributed by atoms with van der Waals surface area (Å²) < 4.78 is 45.3. The lowest BCUT2D eigenvalue weighted by atomic mass is 10.1. The van der Waals surface area contributed by atoms with Crippen LogP contribution in [0.2, 0.25) is 0 Å². The summed E-state index contributed by atoms with van der Waals surface area (Å²) in [6.45, 7) is 1.04. The average molecular weight is 395 g/mol. The molecule has 2 aromatic rings. The van der Waals surface area contributed by atoms with E-state index in [9.17, 15) is 22.8 Å². The number of halogens is 3. The van der Waals surface area contributed by atoms with E-state index < -0.39 is 23.7 Å². The number of nitrogens with one attached hydrogen (secondary N) is 2. The molecule has 0 atom stereocenters. The molecule has 9 heteroatoms. The molecule has 3 amide bonds. The van der Waals surface area contributed by atoms with Gasteiger partial charge in [-0.1, -0.05) is 12.8 Å². The van der Waals surface area contributed by atoms with Crippen molar-refractivity contribution in [2.75, 3.05) is 23.7 Å². The first-order valence-corrected chi connectivity index (χ1v) is 8.95. The molecule has 1 saturated heterocycles. The van der Waals surface area contributed by atoms with Crippen molar-refractivity contribution in [3.63, 3.8) is 0 Å². The molecule has 2 heterocycles. The van der Waals surface area contributed by atoms with Gasteiger partial charge in [0.25, 0.3) is 5.91 Å². The number of alkyl halides is 3. The summed E-state index contributed by atoms with van der Waals surface area (Å²) >= 11 is 0. The smallest absolute Gasteiger partial charge is 0.418 e. The molecule has 6 nitrogen and oxygen atoms in total. The van der Waals surface area contributed by atoms with Gasteiger partial charge in [-0.2, -0.15) is 13.2 Å². The predicted octanol–water partition coefficient (Wildman–Crippen LogP) is 4.96. The van der Waals surface area contributed by atoms with Gasteiger partial charge in [0.1, 0.15) is 6.26 Å². The molecule has 150 valence electrons. The van der Waals surface area contributed by atoms with Gasteiger partial charge in [-0.15, -0.1) is 0 Å². The van der Waals surface area contributed by atoms with Crippen LogP contribution in [0.25, 0.3) is 0 Å². The Kier molecular flexibility index (Phi) is 5.91. The molecule has 1 aliphatic rings. The SMILES string of the molecule is O=C(Nc1ccc(NC(=O)N2CCCCCC2)c(C(F)(F)F)c1)c1ccoc1. The fraction of sp³-hybridized carbons (Fsp3) is 0.368. The van der Waals surface area contributed by atoms with Gasteiger partial charge in [0, 0.05) is 18.8 Å². The summed E-state index contributed by atoms with van der Waals surface area (Å²) in [6.07, 6.45) is 1.45. The first kappa shape index (κ1) is 19.8. The van der Waals surface area contributed by atoms with Gasteiger partial charge < -0.3 is 20.0 Å². The predicted molar refractivity (Wildman–Crippen MR) is 97.2 cm³/mol. The van der Waals surface area contributed by atoms with Crippen LogP contribution in [0.5, 0.6) is 0 Å². The van der Waals surface area contributed by atoms with Crippen molar-refractivity contribution < 1.29 is 27.2 Å². The third kappa shape index (κ3) is 4.85. The summed E-state index contributed by atoms with van der Waals surface area (Å²) in [6, 6.07) is 4.10. The normalized spacial score (nSPS) is 15.0. The number of hydrogen-bond donors (Lipinski definition) is 2. The van der Waals surface area contributed by atoms with Crippen LogP contribution >= 0.6 is 0 Å². The Morgan fingerprint density at radius 3 is 2.32 bits per heavy atom. The molecule has 0 aliphatic carbocycles. The molecule has 0 bridgehead atoms. The van der Waals surface area contributed by atoms with Crippen LogP contribution in [0.4, 0.5) is 29.3 Å². The third-order valence-electron chi connectivity index (χ3n) is 4.50. The lowest BCUT2D eigenvalue weighted by Crippen LogP contribution is -2.36. The summed E-state index contributed by atoms with van der Waals surface area (Å²) in [4.78, 5) is 25.9. The van der Waals surface area contributed by atoms with Crippen molar-refractivity contribution in [1.82, 2.24) is 4.90 Å². The number of benzene rings is 1. The van der Waals surface area contributed by atoms with Crippen molar-refractivity contribution in [3.8, 4) is 0 Å². The number of carbonyl (C=O) groups excluding carboxylic acids is 2. The first-order valence-electron chi connectivity index (χ1n) is 8.95. The van der Waals surface area contributed by atoms with Gasteiger partial charge in [-0.3, -0.25) is 4.79 Å². The van der Waals surface area contributed by atoms with Crippen molar-refractivity contribution in [2.24, 2.45) is 0 Å². The maximum atomic E-state index is 13.5. The highest BCUT2D eigenvalue weighted by Crippen LogP contribution is 2.37. The monoisotopic (exact) mass is 395 g/mol. The molecule has 1 aromatic heterocycles. The number of hydrogen-bond acceptors (Lipinski definition) is 3. The Morgan fingerprint density at radius 1 is 1.00 bits per heavy atom. The van der Waals surface area contributed by atoms with Crippen LogP contribution in [0.1, 0.15) is 41.6 Å². The highest BCUT2D eigenvalue weighted by molar-refractivity contribution is 6.04. The molecule has 28 heavy (non-hydrogen) atoms. The number of urea groups is 1. The molecule has 0 unspecified atom stereocenters. The largest absolute Gasteiger partial charge is 0.472 e. The first-order chi connectivity index (χ1) is 13.3. The summed E-state index contributed by atoms with van der Waals surface area (Å²) in [5.74, 6) is -0.594. The molecule has 0 spiro atoms. The van der Waals surface area contributed by atoms with E-state index in [2.05, 4.69) is 10.6 Å². The van der Waals surface area contributed by atoms with E-state index in [-0.39, 0.29) is 16.9 Å². The van der Waals surface area contributed by atoms with Gasteiger partial charge in [0.15, 0.2) is 0 Å². The summed E-state index contributed by atoms with van der Waals surface area (Å²) in [7, 11) is 0. The number of carbonyl (C=O) groups is 2. The maximum absolute atomic E-state index is 13.5. The fourth-order valence-electron chi connectivity index (χ4n) is 3.03. The van der Waals surface area contributed by atoms with Crippen molar-refractivity contribution in [3.05, 3.63) is 47.9 Å². The van der Waals surface area contributed by atoms with E-state index in [1.165, 1.54) is 29.6 Å². The minimum atomic E-state index is -4.70. The third-order valence-corrected chi connectivity index (χ3v) is 4.50. The van der Waals surface area contributed by atoms with E-state index in [0.717, 1.165) is 37.8 Å². The van der Waals surface area contributed by atoms with E-state index in [0.29, 0.717) is 13.1 Å². The molecule has 3 rings (SSSR count). The van der Waals surface area contributed by atoms with Gasteiger partial charge in [0.05, 0.1) is 23.1 Å². The maximum Gasteiger partial charge on any atom is 0.418 e. The van der Waals surface area contributed by atoms with Crippen LogP contribution in [0.15, 0.2) is 41.2 Å². The van der Waals surface area contributed by atoms with Crippen LogP contribution in [0, 0.1) is 0 Å². The zero-order valence-corrected chi connectivity index (χ0v) is 15.0. The highest BCUT2D eigenvalue weighted by atomic mass is 19.4. The van der Waals surface area contributed by atoms with E-state index in [1.54, 1.807) is 0 Å². The summed E-state index contributed by atoms with van der Waals surface area (Å²) in [5, 5.41) is 4.75. The van der Waals surface area contributed by atoms with Gasteiger partial charge in [-0.05, 0) is 37.1 Å².